The average molecular weight is 487 g/mol. The van der Waals surface area contributed by atoms with Gasteiger partial charge < -0.3 is 10.3 Å². The van der Waals surface area contributed by atoms with Crippen molar-refractivity contribution in [2.75, 3.05) is 5.32 Å². The molecule has 3 N–H and O–H groups in total. The van der Waals surface area contributed by atoms with Crippen LogP contribution in [0.4, 0.5) is 5.69 Å². The fraction of sp³-hybridized carbons (Fsp3) is 0.143. The first-order valence-corrected chi connectivity index (χ1v) is 12.2. The number of hydrogen-bond donors (Lipinski definition) is 3. The van der Waals surface area contributed by atoms with Crippen molar-refractivity contribution in [1.82, 2.24) is 35.1 Å². The maximum Gasteiger partial charge on any atom is 0.227 e. The Morgan fingerprint density at radius 1 is 0.892 bits per heavy atom. The van der Waals surface area contributed by atoms with Crippen molar-refractivity contribution in [3.8, 4) is 33.9 Å². The number of para-hydroxylation sites is 1. The maximum atomic E-state index is 12.4. The number of hydrogen-bond acceptors (Lipinski definition) is 6. The highest BCUT2D eigenvalue weighted by molar-refractivity contribution is 5.96. The van der Waals surface area contributed by atoms with Crippen molar-refractivity contribution in [2.24, 2.45) is 5.92 Å². The van der Waals surface area contributed by atoms with Crippen molar-refractivity contribution in [3.05, 3.63) is 73.3 Å². The second kappa shape index (κ2) is 8.63. The SMILES string of the molecule is O=C(Nc1cncc(-c2ccc3[nH]nc(-c4nc5c(-c6cccnc6)cccc5[nH]4)c3n2)c1)C1CCC1. The largest absolute Gasteiger partial charge is 0.336 e. The van der Waals surface area contributed by atoms with E-state index in [1.165, 1.54) is 0 Å². The minimum Gasteiger partial charge on any atom is -0.336 e. The Morgan fingerprint density at radius 3 is 2.65 bits per heavy atom. The fourth-order valence-electron chi connectivity index (χ4n) is 4.69. The zero-order chi connectivity index (χ0) is 24.8. The molecule has 1 amide bonds. The lowest BCUT2D eigenvalue weighted by Gasteiger charge is -2.24. The Morgan fingerprint density at radius 2 is 1.81 bits per heavy atom. The molecule has 1 aliphatic rings. The molecule has 0 aliphatic heterocycles. The Balaban J connectivity index is 1.26. The first kappa shape index (κ1) is 21.4. The van der Waals surface area contributed by atoms with Gasteiger partial charge >= 0.3 is 0 Å². The van der Waals surface area contributed by atoms with Crippen molar-refractivity contribution in [1.29, 1.82) is 0 Å². The molecule has 0 bridgehead atoms. The molecule has 5 aromatic heterocycles. The van der Waals surface area contributed by atoms with Gasteiger partial charge in [-0.25, -0.2) is 9.97 Å². The number of anilines is 1. The number of imidazole rings is 1. The smallest absolute Gasteiger partial charge is 0.227 e. The van der Waals surface area contributed by atoms with E-state index < -0.39 is 0 Å². The van der Waals surface area contributed by atoms with E-state index in [1.807, 2.05) is 54.7 Å². The zero-order valence-corrected chi connectivity index (χ0v) is 19.8. The number of nitrogens with zero attached hydrogens (tertiary/aromatic N) is 5. The van der Waals surface area contributed by atoms with Crippen molar-refractivity contribution < 1.29 is 4.79 Å². The summed E-state index contributed by atoms with van der Waals surface area (Å²) in [4.78, 5) is 34.2. The van der Waals surface area contributed by atoms with Crippen LogP contribution in [0.2, 0.25) is 0 Å². The van der Waals surface area contributed by atoms with Gasteiger partial charge in [-0.05, 0) is 43.2 Å². The van der Waals surface area contributed by atoms with Crippen LogP contribution in [0.15, 0.2) is 73.3 Å². The molecule has 0 atom stereocenters. The lowest BCUT2D eigenvalue weighted by Crippen LogP contribution is -2.28. The first-order chi connectivity index (χ1) is 18.2. The molecule has 0 unspecified atom stereocenters. The van der Waals surface area contributed by atoms with Crippen LogP contribution < -0.4 is 5.32 Å². The molecule has 180 valence electrons. The van der Waals surface area contributed by atoms with Gasteiger partial charge in [-0.2, -0.15) is 5.10 Å². The standard InChI is InChI=1S/C28H22N8O/c37-28(16-4-1-5-16)31-19-12-18(14-30-15-19)21-9-10-23-25(32-21)26(36-35-23)27-33-22-8-2-7-20(24(22)34-27)17-6-3-11-29-13-17/h2-3,6-16H,1,4-5H2,(H,31,37)(H,33,34)(H,35,36). The minimum absolute atomic E-state index is 0.0567. The molecule has 1 aromatic carbocycles. The number of fused-ring (bicyclic) bond motifs is 2. The van der Waals surface area contributed by atoms with E-state index in [1.54, 1.807) is 18.6 Å². The molecule has 7 rings (SSSR count). The Hall–Kier alpha value is -4.92. The van der Waals surface area contributed by atoms with Crippen LogP contribution in [-0.2, 0) is 4.79 Å². The van der Waals surface area contributed by atoms with Crippen LogP contribution in [0.3, 0.4) is 0 Å². The average Bonchev–Trinajstić information content (AvgIpc) is 3.52. The van der Waals surface area contributed by atoms with Gasteiger partial charge in [0.05, 0.1) is 34.1 Å². The summed E-state index contributed by atoms with van der Waals surface area (Å²) in [5.41, 5.74) is 8.08. The van der Waals surface area contributed by atoms with E-state index in [0.29, 0.717) is 22.7 Å². The summed E-state index contributed by atoms with van der Waals surface area (Å²) in [5, 5.41) is 10.6. The van der Waals surface area contributed by atoms with Gasteiger partial charge in [0.15, 0.2) is 11.5 Å². The Kier molecular flexibility index (Phi) is 4.99. The molecule has 1 aliphatic carbocycles. The highest BCUT2D eigenvalue weighted by Gasteiger charge is 2.25. The quantitative estimate of drug-likeness (QED) is 0.301. The van der Waals surface area contributed by atoms with E-state index in [4.69, 9.17) is 9.97 Å². The summed E-state index contributed by atoms with van der Waals surface area (Å²) >= 11 is 0. The molecule has 1 fully saturated rings. The predicted molar refractivity (Wildman–Crippen MR) is 141 cm³/mol. The number of rotatable bonds is 5. The highest BCUT2D eigenvalue weighted by atomic mass is 16.1. The predicted octanol–water partition coefficient (Wildman–Crippen LogP) is 5.36. The summed E-state index contributed by atoms with van der Waals surface area (Å²) in [6, 6.07) is 15.7. The molecule has 9 heteroatoms. The third kappa shape index (κ3) is 3.81. The second-order valence-corrected chi connectivity index (χ2v) is 9.27. The third-order valence-corrected chi connectivity index (χ3v) is 6.89. The minimum atomic E-state index is 0.0567. The molecule has 9 nitrogen and oxygen atoms in total. The first-order valence-electron chi connectivity index (χ1n) is 12.2. The number of benzene rings is 1. The van der Waals surface area contributed by atoms with Crippen LogP contribution >= 0.6 is 0 Å². The lowest BCUT2D eigenvalue weighted by molar-refractivity contribution is -0.122. The molecule has 0 saturated heterocycles. The van der Waals surface area contributed by atoms with Gasteiger partial charge in [0.2, 0.25) is 5.91 Å². The zero-order valence-electron chi connectivity index (χ0n) is 19.8. The van der Waals surface area contributed by atoms with E-state index in [2.05, 4.69) is 30.5 Å². The Labute approximate surface area is 211 Å². The number of aromatic nitrogens is 7. The molecule has 37 heavy (non-hydrogen) atoms. The number of nitrogens with one attached hydrogen (secondary N) is 3. The van der Waals surface area contributed by atoms with Gasteiger partial charge in [-0.3, -0.25) is 19.9 Å². The topological polar surface area (TPSA) is 125 Å². The summed E-state index contributed by atoms with van der Waals surface area (Å²) in [7, 11) is 0. The number of pyridine rings is 3. The summed E-state index contributed by atoms with van der Waals surface area (Å²) in [6.07, 6.45) is 10.0. The summed E-state index contributed by atoms with van der Waals surface area (Å²) in [6.45, 7) is 0. The van der Waals surface area contributed by atoms with Crippen molar-refractivity contribution in [2.45, 2.75) is 19.3 Å². The molecular weight excluding hydrogens is 464 g/mol. The van der Waals surface area contributed by atoms with Crippen LogP contribution in [0.25, 0.3) is 56.0 Å². The van der Waals surface area contributed by atoms with E-state index in [-0.39, 0.29) is 11.8 Å². The van der Waals surface area contributed by atoms with E-state index >= 15 is 0 Å². The van der Waals surface area contributed by atoms with Crippen molar-refractivity contribution in [3.63, 3.8) is 0 Å². The second-order valence-electron chi connectivity index (χ2n) is 9.27. The number of aromatic amines is 2. The summed E-state index contributed by atoms with van der Waals surface area (Å²) < 4.78 is 0. The maximum absolute atomic E-state index is 12.4. The van der Waals surface area contributed by atoms with Gasteiger partial charge in [0, 0.05) is 41.2 Å². The number of carbonyl (C=O) groups is 1. The Bertz CT molecular complexity index is 1770. The van der Waals surface area contributed by atoms with Gasteiger partial charge in [0.25, 0.3) is 0 Å². The molecule has 1 saturated carbocycles. The number of H-pyrrole nitrogens is 2. The highest BCUT2D eigenvalue weighted by Crippen LogP contribution is 2.32. The number of carbonyl (C=O) groups excluding carboxylic acids is 1. The number of amides is 1. The van der Waals surface area contributed by atoms with Crippen LogP contribution in [0, 0.1) is 5.92 Å². The van der Waals surface area contributed by atoms with E-state index in [9.17, 15) is 4.79 Å². The molecule has 5 heterocycles. The van der Waals surface area contributed by atoms with E-state index in [0.717, 1.165) is 58.2 Å². The molecule has 6 aromatic rings. The van der Waals surface area contributed by atoms with Gasteiger partial charge in [-0.1, -0.05) is 24.6 Å². The summed E-state index contributed by atoms with van der Waals surface area (Å²) in [5.74, 6) is 0.789. The van der Waals surface area contributed by atoms with Gasteiger partial charge in [-0.15, -0.1) is 0 Å². The van der Waals surface area contributed by atoms with Crippen LogP contribution in [0.5, 0.6) is 0 Å². The monoisotopic (exact) mass is 486 g/mol. The van der Waals surface area contributed by atoms with Crippen LogP contribution in [-0.4, -0.2) is 41.0 Å². The van der Waals surface area contributed by atoms with Gasteiger partial charge in [0.1, 0.15) is 5.52 Å². The lowest BCUT2D eigenvalue weighted by atomic mass is 9.85. The molecular formula is C28H22N8O. The van der Waals surface area contributed by atoms with Crippen LogP contribution in [0.1, 0.15) is 19.3 Å². The normalized spacial score (nSPS) is 13.6. The molecule has 0 spiro atoms. The molecule has 0 radical (unpaired) electrons. The van der Waals surface area contributed by atoms with Crippen molar-refractivity contribution >= 4 is 33.7 Å². The third-order valence-electron chi connectivity index (χ3n) is 6.89. The fourth-order valence-corrected chi connectivity index (χ4v) is 4.69.